The van der Waals surface area contributed by atoms with Gasteiger partial charge in [-0.25, -0.2) is 4.39 Å². The summed E-state index contributed by atoms with van der Waals surface area (Å²) in [4.78, 5) is 21.1. The predicted octanol–water partition coefficient (Wildman–Crippen LogP) is 5.16. The van der Waals surface area contributed by atoms with E-state index in [9.17, 15) is 9.18 Å². The Morgan fingerprint density at radius 2 is 1.94 bits per heavy atom. The number of ether oxygens (including phenoxy) is 1. The van der Waals surface area contributed by atoms with Crippen LogP contribution in [0.15, 0.2) is 55.1 Å². The van der Waals surface area contributed by atoms with Crippen molar-refractivity contribution < 1.29 is 13.9 Å². The first-order chi connectivity index (χ1) is 16.7. The van der Waals surface area contributed by atoms with Gasteiger partial charge in [-0.2, -0.15) is 5.10 Å². The number of aromatic nitrogens is 4. The summed E-state index contributed by atoms with van der Waals surface area (Å²) in [5.41, 5.74) is 4.39. The average Bonchev–Trinajstić information content (AvgIpc) is 3.24. The largest absolute Gasteiger partial charge is 0.381 e. The van der Waals surface area contributed by atoms with Crippen LogP contribution in [0.4, 0.5) is 10.1 Å². The van der Waals surface area contributed by atoms with Crippen molar-refractivity contribution in [2.45, 2.75) is 32.1 Å². The van der Waals surface area contributed by atoms with Gasteiger partial charge in [0.15, 0.2) is 5.69 Å². The fourth-order valence-corrected chi connectivity index (χ4v) is 4.47. The van der Waals surface area contributed by atoms with Crippen LogP contribution in [0.2, 0.25) is 0 Å². The number of carbonyl (C=O) groups is 1. The molecule has 34 heavy (non-hydrogen) atoms. The summed E-state index contributed by atoms with van der Waals surface area (Å²) < 4.78 is 19.1. The number of halogens is 1. The molecule has 7 nitrogen and oxygen atoms in total. The first-order valence-electron chi connectivity index (χ1n) is 11.6. The Morgan fingerprint density at radius 3 is 2.85 bits per heavy atom. The van der Waals surface area contributed by atoms with Gasteiger partial charge >= 0.3 is 0 Å². The van der Waals surface area contributed by atoms with Gasteiger partial charge in [0.1, 0.15) is 5.82 Å². The van der Waals surface area contributed by atoms with Gasteiger partial charge in [-0.3, -0.25) is 19.9 Å². The van der Waals surface area contributed by atoms with Crippen LogP contribution in [0, 0.1) is 11.7 Å². The Hall–Kier alpha value is -3.65. The summed E-state index contributed by atoms with van der Waals surface area (Å²) in [5.74, 6) is -0.359. The summed E-state index contributed by atoms with van der Waals surface area (Å²) >= 11 is 0. The zero-order valence-corrected chi connectivity index (χ0v) is 18.8. The van der Waals surface area contributed by atoms with Crippen LogP contribution >= 0.6 is 0 Å². The lowest BCUT2D eigenvalue weighted by atomic mass is 9.90. The normalized spacial score (nSPS) is 16.7. The third-order valence-electron chi connectivity index (χ3n) is 6.21. The van der Waals surface area contributed by atoms with Gasteiger partial charge in [-0.05, 0) is 60.9 Å². The Morgan fingerprint density at radius 1 is 1.03 bits per heavy atom. The number of anilines is 1. The maximum absolute atomic E-state index is 13.4. The summed E-state index contributed by atoms with van der Waals surface area (Å²) in [6.45, 7) is 1.70. The molecule has 1 aliphatic heterocycles. The molecule has 1 aromatic carbocycles. The van der Waals surface area contributed by atoms with E-state index < -0.39 is 11.7 Å². The molecule has 4 aromatic rings. The van der Waals surface area contributed by atoms with E-state index in [1.54, 1.807) is 0 Å². The van der Waals surface area contributed by atoms with Crippen LogP contribution in [0.5, 0.6) is 0 Å². The number of rotatable bonds is 5. The van der Waals surface area contributed by atoms with Crippen LogP contribution < -0.4 is 5.32 Å². The monoisotopic (exact) mass is 459 g/mol. The van der Waals surface area contributed by atoms with E-state index in [2.05, 4.69) is 31.5 Å². The van der Waals surface area contributed by atoms with Gasteiger partial charge in [0.2, 0.25) is 0 Å². The molecule has 4 heterocycles. The molecule has 174 valence electrons. The van der Waals surface area contributed by atoms with E-state index in [-0.39, 0.29) is 11.4 Å². The Kier molecular flexibility index (Phi) is 6.58. The second kappa shape index (κ2) is 10.1. The fourth-order valence-electron chi connectivity index (χ4n) is 4.47. The van der Waals surface area contributed by atoms with E-state index in [1.807, 2.05) is 30.6 Å². The third kappa shape index (κ3) is 5.12. The smallest absolute Gasteiger partial charge is 0.276 e. The minimum Gasteiger partial charge on any atom is -0.381 e. The average molecular weight is 460 g/mol. The molecule has 1 aliphatic rings. The molecule has 3 aromatic heterocycles. The summed E-state index contributed by atoms with van der Waals surface area (Å²) in [6, 6.07) is 9.21. The Labute approximate surface area is 196 Å². The molecular weight excluding hydrogens is 433 g/mol. The van der Waals surface area contributed by atoms with Gasteiger partial charge in [0.25, 0.3) is 5.91 Å². The van der Waals surface area contributed by atoms with Crippen molar-refractivity contribution in [3.05, 3.63) is 72.2 Å². The molecule has 2 N–H and O–H groups in total. The number of nitrogens with zero attached hydrogens (tertiary/aromatic N) is 3. The first kappa shape index (κ1) is 22.2. The molecule has 8 heteroatoms. The number of pyridine rings is 2. The second-order valence-electron chi connectivity index (χ2n) is 8.73. The first-order valence-corrected chi connectivity index (χ1v) is 11.6. The summed E-state index contributed by atoms with van der Waals surface area (Å²) in [7, 11) is 0. The SMILES string of the molecule is O=C(Nc1cncc(F)c1)c1n[nH]c2ccc(-c3cncc(CC4CCCCOCC4)c3)cc12. The number of carbonyl (C=O) groups excluding carboxylic acids is 1. The van der Waals surface area contributed by atoms with E-state index in [0.29, 0.717) is 11.3 Å². The maximum Gasteiger partial charge on any atom is 0.276 e. The lowest BCUT2D eigenvalue weighted by molar-refractivity contribution is 0.100. The van der Waals surface area contributed by atoms with Gasteiger partial charge < -0.3 is 10.1 Å². The molecule has 0 bridgehead atoms. The van der Waals surface area contributed by atoms with Gasteiger partial charge in [-0.1, -0.05) is 12.5 Å². The maximum atomic E-state index is 13.4. The van der Waals surface area contributed by atoms with Crippen molar-refractivity contribution in [2.24, 2.45) is 5.92 Å². The van der Waals surface area contributed by atoms with Crippen LogP contribution in [0.1, 0.15) is 41.7 Å². The van der Waals surface area contributed by atoms with Gasteiger partial charge in [0, 0.05) is 42.6 Å². The van der Waals surface area contributed by atoms with E-state index in [4.69, 9.17) is 4.74 Å². The van der Waals surface area contributed by atoms with Crippen molar-refractivity contribution in [1.29, 1.82) is 0 Å². The van der Waals surface area contributed by atoms with Gasteiger partial charge in [-0.15, -0.1) is 0 Å². The molecule has 0 radical (unpaired) electrons. The Balaban J connectivity index is 1.38. The standard InChI is InChI=1S/C26H26FN5O2/c27-21-12-22(16-29-15-21)30-26(33)25-23-11-19(4-5-24(23)31-32-25)20-10-18(13-28-14-20)9-17-3-1-2-7-34-8-6-17/h4-5,10-17H,1-3,6-9H2,(H,30,33)(H,31,32). The fraction of sp³-hybridized carbons (Fsp3) is 0.308. The lowest BCUT2D eigenvalue weighted by Gasteiger charge is -2.20. The number of benzene rings is 1. The number of fused-ring (bicyclic) bond motifs is 1. The molecule has 0 saturated carbocycles. The van der Waals surface area contributed by atoms with E-state index in [1.165, 1.54) is 30.7 Å². The van der Waals surface area contributed by atoms with Gasteiger partial charge in [0.05, 0.1) is 23.6 Å². The molecule has 0 spiro atoms. The van der Waals surface area contributed by atoms with Crippen LogP contribution in [0.3, 0.4) is 0 Å². The molecule has 1 amide bonds. The number of H-pyrrole nitrogens is 1. The molecule has 1 saturated heterocycles. The zero-order chi connectivity index (χ0) is 23.3. The molecule has 1 unspecified atom stereocenters. The number of nitrogens with one attached hydrogen (secondary N) is 2. The van der Waals surface area contributed by atoms with Crippen LogP contribution in [0.25, 0.3) is 22.0 Å². The Bertz CT molecular complexity index is 1300. The molecule has 1 atom stereocenters. The third-order valence-corrected chi connectivity index (χ3v) is 6.21. The van der Waals surface area contributed by atoms with Crippen molar-refractivity contribution in [1.82, 2.24) is 20.2 Å². The summed E-state index contributed by atoms with van der Waals surface area (Å²) in [5, 5.41) is 10.4. The van der Waals surface area contributed by atoms with Crippen molar-refractivity contribution in [3.63, 3.8) is 0 Å². The zero-order valence-electron chi connectivity index (χ0n) is 18.8. The highest BCUT2D eigenvalue weighted by molar-refractivity contribution is 6.11. The molecular formula is C26H26FN5O2. The minimum atomic E-state index is -0.522. The number of hydrogen-bond donors (Lipinski definition) is 2. The quantitative estimate of drug-likeness (QED) is 0.430. The second-order valence-corrected chi connectivity index (χ2v) is 8.73. The number of hydrogen-bond acceptors (Lipinski definition) is 5. The molecule has 5 rings (SSSR count). The topological polar surface area (TPSA) is 92.8 Å². The van der Waals surface area contributed by atoms with Crippen molar-refractivity contribution >= 4 is 22.5 Å². The minimum absolute atomic E-state index is 0.236. The molecule has 1 fully saturated rings. The predicted molar refractivity (Wildman–Crippen MR) is 128 cm³/mol. The highest BCUT2D eigenvalue weighted by Crippen LogP contribution is 2.28. The highest BCUT2D eigenvalue weighted by atomic mass is 19.1. The van der Waals surface area contributed by atoms with Crippen LogP contribution in [-0.4, -0.2) is 39.3 Å². The number of amides is 1. The highest BCUT2D eigenvalue weighted by Gasteiger charge is 2.17. The van der Waals surface area contributed by atoms with E-state index in [0.717, 1.165) is 55.3 Å². The van der Waals surface area contributed by atoms with Crippen LogP contribution in [-0.2, 0) is 11.2 Å². The molecule has 0 aliphatic carbocycles. The van der Waals surface area contributed by atoms with E-state index >= 15 is 0 Å². The summed E-state index contributed by atoms with van der Waals surface area (Å²) in [6.07, 6.45) is 11.8. The van der Waals surface area contributed by atoms with Crippen molar-refractivity contribution in [2.75, 3.05) is 18.5 Å². The van der Waals surface area contributed by atoms with Crippen molar-refractivity contribution in [3.8, 4) is 11.1 Å². The lowest BCUT2D eigenvalue weighted by Crippen LogP contribution is -2.13. The number of aromatic amines is 1.